The molecule has 2 heteroatoms. The van der Waals surface area contributed by atoms with Gasteiger partial charge in [-0.2, -0.15) is 0 Å². The molecule has 0 aromatic heterocycles. The van der Waals surface area contributed by atoms with E-state index >= 15 is 0 Å². The van der Waals surface area contributed by atoms with Gasteiger partial charge in [0.25, 0.3) is 0 Å². The van der Waals surface area contributed by atoms with Crippen molar-refractivity contribution in [3.8, 4) is 0 Å². The van der Waals surface area contributed by atoms with Gasteiger partial charge in [0.1, 0.15) is 0 Å². The highest BCUT2D eigenvalue weighted by Gasteiger charge is 2.22. The number of benzene rings is 1. The van der Waals surface area contributed by atoms with Crippen LogP contribution in [0.3, 0.4) is 0 Å². The molecule has 1 atom stereocenters. The molecule has 0 saturated heterocycles. The molecule has 0 aliphatic heterocycles. The van der Waals surface area contributed by atoms with Gasteiger partial charge in [-0.05, 0) is 48.8 Å². The van der Waals surface area contributed by atoms with Gasteiger partial charge in [0.15, 0.2) is 11.6 Å². The molecule has 0 heterocycles. The van der Waals surface area contributed by atoms with Gasteiger partial charge in [0, 0.05) is 0 Å². The summed E-state index contributed by atoms with van der Waals surface area (Å²) in [6, 6.07) is 1.79. The minimum Gasteiger partial charge on any atom is -0.203 e. The van der Waals surface area contributed by atoms with Crippen LogP contribution < -0.4 is 0 Å². The van der Waals surface area contributed by atoms with E-state index < -0.39 is 11.6 Å². The molecule has 0 fully saturated rings. The molecule has 0 amide bonds. The molecule has 0 unspecified atom stereocenters. The maximum absolute atomic E-state index is 13.5. The lowest BCUT2D eigenvalue weighted by molar-refractivity contribution is 0.446. The Hall–Kier alpha value is -0.920. The normalized spacial score (nSPS) is 20.7. The Morgan fingerprint density at radius 2 is 2.00 bits per heavy atom. The Labute approximate surface area is 82.9 Å². The fourth-order valence-corrected chi connectivity index (χ4v) is 2.15. The van der Waals surface area contributed by atoms with Crippen molar-refractivity contribution < 1.29 is 8.78 Å². The van der Waals surface area contributed by atoms with Crippen molar-refractivity contribution in [3.63, 3.8) is 0 Å². The van der Waals surface area contributed by atoms with Crippen molar-refractivity contribution in [3.05, 3.63) is 34.4 Å². The molecule has 1 aliphatic rings. The Morgan fingerprint density at radius 1 is 1.29 bits per heavy atom. The third kappa shape index (κ3) is 1.43. The Morgan fingerprint density at radius 3 is 2.71 bits per heavy atom. The lowest BCUT2D eigenvalue weighted by Gasteiger charge is -2.22. The molecule has 0 nitrogen and oxygen atoms in total. The summed E-state index contributed by atoms with van der Waals surface area (Å²) in [4.78, 5) is 0. The van der Waals surface area contributed by atoms with Crippen molar-refractivity contribution in [1.82, 2.24) is 0 Å². The first-order valence-corrected chi connectivity index (χ1v) is 5.06. The highest BCUT2D eigenvalue weighted by atomic mass is 19.2. The van der Waals surface area contributed by atoms with Gasteiger partial charge in [-0.3, -0.25) is 0 Å². The predicted octanol–water partition coefficient (Wildman–Crippen LogP) is 3.40. The molecule has 0 bridgehead atoms. The zero-order valence-corrected chi connectivity index (χ0v) is 8.53. The number of aryl methyl sites for hydroxylation is 2. The zero-order chi connectivity index (χ0) is 10.3. The Kier molecular flexibility index (Phi) is 2.30. The number of hydrogen-bond acceptors (Lipinski definition) is 0. The summed E-state index contributed by atoms with van der Waals surface area (Å²) in [7, 11) is 0. The standard InChI is InChI=1S/C12H14F2/c1-7-3-4-9-6-8(2)11(13)12(14)10(9)5-7/h6-7H,3-5H2,1-2H3/t7-/m0/s1. The third-order valence-electron chi connectivity index (χ3n) is 3.04. The van der Waals surface area contributed by atoms with E-state index in [4.69, 9.17) is 0 Å². The van der Waals surface area contributed by atoms with Crippen LogP contribution in [0.4, 0.5) is 8.78 Å². The van der Waals surface area contributed by atoms with Crippen molar-refractivity contribution in [1.29, 1.82) is 0 Å². The molecule has 1 aromatic carbocycles. The minimum atomic E-state index is -0.669. The first-order chi connectivity index (χ1) is 6.59. The minimum absolute atomic E-state index is 0.427. The second-order valence-electron chi connectivity index (χ2n) is 4.31. The topological polar surface area (TPSA) is 0 Å². The number of hydrogen-bond donors (Lipinski definition) is 0. The highest BCUT2D eigenvalue weighted by Crippen LogP contribution is 2.29. The third-order valence-corrected chi connectivity index (χ3v) is 3.04. The molecular formula is C12H14F2. The zero-order valence-electron chi connectivity index (χ0n) is 8.53. The molecule has 0 N–H and O–H groups in total. The summed E-state index contributed by atoms with van der Waals surface area (Å²) in [6.07, 6.45) is 2.64. The molecule has 1 aliphatic carbocycles. The largest absolute Gasteiger partial charge is 0.203 e. The molecule has 2 rings (SSSR count). The van der Waals surface area contributed by atoms with Crippen molar-refractivity contribution in [2.45, 2.75) is 33.1 Å². The summed E-state index contributed by atoms with van der Waals surface area (Å²) in [5.74, 6) is -0.816. The van der Waals surface area contributed by atoms with Gasteiger partial charge in [0.2, 0.25) is 0 Å². The highest BCUT2D eigenvalue weighted by molar-refractivity contribution is 5.36. The van der Waals surface area contributed by atoms with Crippen LogP contribution in [0, 0.1) is 24.5 Å². The van der Waals surface area contributed by atoms with Gasteiger partial charge < -0.3 is 0 Å². The van der Waals surface area contributed by atoms with Crippen LogP contribution in [-0.2, 0) is 12.8 Å². The van der Waals surface area contributed by atoms with Crippen LogP contribution in [0.2, 0.25) is 0 Å². The smallest absolute Gasteiger partial charge is 0.162 e. The molecular weight excluding hydrogens is 182 g/mol. The second kappa shape index (κ2) is 3.34. The van der Waals surface area contributed by atoms with Gasteiger partial charge in [-0.1, -0.05) is 13.0 Å². The van der Waals surface area contributed by atoms with Crippen LogP contribution in [0.15, 0.2) is 6.07 Å². The Bertz CT molecular complexity index is 369. The quantitative estimate of drug-likeness (QED) is 0.596. The van der Waals surface area contributed by atoms with E-state index in [9.17, 15) is 8.78 Å². The molecule has 14 heavy (non-hydrogen) atoms. The van der Waals surface area contributed by atoms with Crippen LogP contribution in [-0.4, -0.2) is 0 Å². The summed E-state index contributed by atoms with van der Waals surface area (Å²) >= 11 is 0. The van der Waals surface area contributed by atoms with Crippen LogP contribution in [0.5, 0.6) is 0 Å². The van der Waals surface area contributed by atoms with Crippen LogP contribution >= 0.6 is 0 Å². The van der Waals surface area contributed by atoms with E-state index in [0.717, 1.165) is 18.4 Å². The summed E-state index contributed by atoms with van der Waals surface area (Å²) in [5.41, 5.74) is 2.03. The molecule has 0 radical (unpaired) electrons. The first kappa shape index (κ1) is 9.63. The lowest BCUT2D eigenvalue weighted by Crippen LogP contribution is -2.14. The van der Waals surface area contributed by atoms with Gasteiger partial charge in [-0.15, -0.1) is 0 Å². The molecule has 76 valence electrons. The molecule has 1 aromatic rings. The lowest BCUT2D eigenvalue weighted by atomic mass is 9.84. The van der Waals surface area contributed by atoms with Gasteiger partial charge >= 0.3 is 0 Å². The fourth-order valence-electron chi connectivity index (χ4n) is 2.15. The van der Waals surface area contributed by atoms with Crippen molar-refractivity contribution in [2.24, 2.45) is 5.92 Å². The Balaban J connectivity index is 2.55. The number of fused-ring (bicyclic) bond motifs is 1. The maximum atomic E-state index is 13.5. The van der Waals surface area contributed by atoms with Gasteiger partial charge in [-0.25, -0.2) is 8.78 Å². The van der Waals surface area contributed by atoms with E-state index in [1.54, 1.807) is 13.0 Å². The van der Waals surface area contributed by atoms with Gasteiger partial charge in [0.05, 0.1) is 0 Å². The van der Waals surface area contributed by atoms with E-state index in [0.29, 0.717) is 23.5 Å². The second-order valence-corrected chi connectivity index (χ2v) is 4.31. The van der Waals surface area contributed by atoms with E-state index in [2.05, 4.69) is 6.92 Å². The fraction of sp³-hybridized carbons (Fsp3) is 0.500. The van der Waals surface area contributed by atoms with Crippen molar-refractivity contribution >= 4 is 0 Å². The SMILES string of the molecule is Cc1cc2c(c(F)c1F)C[C@@H](C)CC2. The average molecular weight is 196 g/mol. The van der Waals surface area contributed by atoms with E-state index in [1.165, 1.54) is 0 Å². The molecule has 0 saturated carbocycles. The van der Waals surface area contributed by atoms with Crippen molar-refractivity contribution in [2.75, 3.05) is 0 Å². The van der Waals surface area contributed by atoms with Crippen LogP contribution in [0.1, 0.15) is 30.0 Å². The predicted molar refractivity (Wildman–Crippen MR) is 52.3 cm³/mol. The first-order valence-electron chi connectivity index (χ1n) is 5.06. The van der Waals surface area contributed by atoms with E-state index in [1.807, 2.05) is 0 Å². The monoisotopic (exact) mass is 196 g/mol. The summed E-state index contributed by atoms with van der Waals surface area (Å²) < 4.78 is 26.8. The summed E-state index contributed by atoms with van der Waals surface area (Å²) in [6.45, 7) is 3.71. The number of rotatable bonds is 0. The number of halogens is 2. The average Bonchev–Trinajstić information content (AvgIpc) is 2.16. The molecule has 0 spiro atoms. The van der Waals surface area contributed by atoms with E-state index in [-0.39, 0.29) is 0 Å². The summed E-state index contributed by atoms with van der Waals surface area (Å²) in [5, 5.41) is 0. The van der Waals surface area contributed by atoms with Crippen LogP contribution in [0.25, 0.3) is 0 Å². The maximum Gasteiger partial charge on any atom is 0.162 e.